The lowest BCUT2D eigenvalue weighted by Crippen LogP contribution is -2.08. The molecule has 210 valence electrons. The molecular formula is C23H24ClF7N4O3. The molecule has 3 aromatic rings. The van der Waals surface area contributed by atoms with Crippen LogP contribution in [0.25, 0.3) is 11.3 Å². The summed E-state index contributed by atoms with van der Waals surface area (Å²) in [7, 11) is 1.42. The monoisotopic (exact) mass is 572 g/mol. The molecule has 0 amide bonds. The molecule has 4 N–H and O–H groups in total. The Labute approximate surface area is 217 Å². The lowest BCUT2D eigenvalue weighted by molar-refractivity contribution is -0.140. The van der Waals surface area contributed by atoms with Crippen LogP contribution in [0.4, 0.5) is 36.4 Å². The van der Waals surface area contributed by atoms with Crippen molar-refractivity contribution in [2.45, 2.75) is 45.6 Å². The van der Waals surface area contributed by atoms with Gasteiger partial charge in [-0.1, -0.05) is 18.5 Å². The molecule has 0 aliphatic rings. The van der Waals surface area contributed by atoms with Crippen LogP contribution >= 0.6 is 11.6 Å². The number of rotatable bonds is 4. The van der Waals surface area contributed by atoms with Gasteiger partial charge in [0, 0.05) is 19.0 Å². The van der Waals surface area contributed by atoms with E-state index in [9.17, 15) is 45.7 Å². The quantitative estimate of drug-likeness (QED) is 0.201. The van der Waals surface area contributed by atoms with Gasteiger partial charge in [0.2, 0.25) is 0 Å². The molecule has 1 aromatic carbocycles. The van der Waals surface area contributed by atoms with Crippen molar-refractivity contribution in [3.05, 3.63) is 57.8 Å². The number of alkyl halides is 6. The highest BCUT2D eigenvalue weighted by molar-refractivity contribution is 6.31. The van der Waals surface area contributed by atoms with Crippen molar-refractivity contribution in [1.29, 1.82) is 0 Å². The summed E-state index contributed by atoms with van der Waals surface area (Å²) in [5.74, 6) is -1.04. The van der Waals surface area contributed by atoms with Crippen molar-refractivity contribution >= 4 is 23.6 Å². The minimum absolute atomic E-state index is 0.00231. The number of nitrogens with zero attached hydrogens (tertiary/aromatic N) is 2. The van der Waals surface area contributed by atoms with Gasteiger partial charge in [-0.25, -0.2) is 9.37 Å². The van der Waals surface area contributed by atoms with Gasteiger partial charge in [-0.3, -0.25) is 9.89 Å². The Morgan fingerprint density at radius 3 is 2.18 bits per heavy atom. The summed E-state index contributed by atoms with van der Waals surface area (Å²) in [6.07, 6.45) is -9.64. The number of phenols is 1. The first-order valence-corrected chi connectivity index (χ1v) is 11.0. The minimum Gasteiger partial charge on any atom is -0.507 e. The van der Waals surface area contributed by atoms with Gasteiger partial charge >= 0.3 is 12.4 Å². The Morgan fingerprint density at radius 1 is 1.18 bits per heavy atom. The Balaban J connectivity index is 0.000000339. The molecule has 15 heteroatoms. The highest BCUT2D eigenvalue weighted by atomic mass is 35.5. The summed E-state index contributed by atoms with van der Waals surface area (Å²) in [5.41, 5.74) is -0.226. The molecule has 0 saturated carbocycles. The van der Waals surface area contributed by atoms with Gasteiger partial charge in [-0.2, -0.15) is 31.4 Å². The summed E-state index contributed by atoms with van der Waals surface area (Å²) in [6.45, 7) is 4.09. The zero-order valence-electron chi connectivity index (χ0n) is 20.4. The molecule has 0 bridgehead atoms. The predicted octanol–water partition coefficient (Wildman–Crippen LogP) is 6.85. The zero-order valence-corrected chi connectivity index (χ0v) is 21.1. The predicted molar refractivity (Wildman–Crippen MR) is 127 cm³/mol. The summed E-state index contributed by atoms with van der Waals surface area (Å²) < 4.78 is 82.7. The number of aromatic nitrogens is 3. The molecule has 0 aliphatic carbocycles. The largest absolute Gasteiger partial charge is 0.507 e. The fourth-order valence-corrected chi connectivity index (χ4v) is 2.97. The highest BCUT2D eigenvalue weighted by Gasteiger charge is 2.37. The van der Waals surface area contributed by atoms with Gasteiger partial charge < -0.3 is 15.5 Å². The Kier molecular flexibility index (Phi) is 11.5. The molecule has 2 aromatic heterocycles. The maximum Gasteiger partial charge on any atom is 0.437 e. The van der Waals surface area contributed by atoms with E-state index in [1.54, 1.807) is 0 Å². The van der Waals surface area contributed by atoms with Crippen LogP contribution in [-0.2, 0) is 6.18 Å². The fraction of sp³-hybridized carbons (Fsp3) is 0.348. The normalized spacial score (nSPS) is 12.0. The highest BCUT2D eigenvalue weighted by Crippen LogP contribution is 2.34. The number of aryl methyl sites for hydroxylation is 1. The van der Waals surface area contributed by atoms with Gasteiger partial charge in [0.25, 0.3) is 0 Å². The van der Waals surface area contributed by atoms with E-state index in [0.29, 0.717) is 12.0 Å². The lowest BCUT2D eigenvalue weighted by atomic mass is 10.1. The lowest BCUT2D eigenvalue weighted by Gasteiger charge is -2.10. The average Bonchev–Trinajstić information content (AvgIpc) is 3.22. The number of aromatic hydroxyl groups is 1. The van der Waals surface area contributed by atoms with Crippen molar-refractivity contribution in [2.24, 2.45) is 0 Å². The molecular weight excluding hydrogens is 549 g/mol. The number of carbonyl (C=O) groups is 1. The first kappa shape index (κ1) is 32.6. The van der Waals surface area contributed by atoms with E-state index < -0.39 is 36.4 Å². The maximum absolute atomic E-state index is 13.9. The number of H-pyrrole nitrogens is 1. The van der Waals surface area contributed by atoms with Crippen LogP contribution in [0.2, 0.25) is 5.02 Å². The smallest absolute Gasteiger partial charge is 0.437 e. The number of aldehydes is 1. The third-order valence-corrected chi connectivity index (χ3v) is 4.97. The molecule has 0 saturated heterocycles. The van der Waals surface area contributed by atoms with Gasteiger partial charge in [0.1, 0.15) is 11.6 Å². The molecule has 0 aliphatic heterocycles. The Morgan fingerprint density at radius 2 is 1.76 bits per heavy atom. The average molecular weight is 573 g/mol. The van der Waals surface area contributed by atoms with E-state index >= 15 is 0 Å². The van der Waals surface area contributed by atoms with Crippen LogP contribution in [0.15, 0.2) is 24.3 Å². The van der Waals surface area contributed by atoms with E-state index in [-0.39, 0.29) is 39.0 Å². The minimum atomic E-state index is -4.40. The third kappa shape index (κ3) is 9.17. The van der Waals surface area contributed by atoms with Crippen molar-refractivity contribution < 1.29 is 45.7 Å². The number of aliphatic hydroxyl groups excluding tert-OH is 1. The zero-order chi connectivity index (χ0) is 29.4. The van der Waals surface area contributed by atoms with Crippen molar-refractivity contribution in [3.63, 3.8) is 0 Å². The standard InChI is InChI=1S/C14H11ClFNO3.C6H8F3N3.C3H5F3/c1-7(19)14-10(15)2-3-12(17-14)9-5-13(20)8(6-18)4-11(9)16;1-3-4(10-2)5(12-11-3)6(7,8)9;1-2-3(4,5)6/h2-7,19-20H,1H3;10H,1-2H3,(H,11,12);2H2,1H3. The maximum atomic E-state index is 13.9. The van der Waals surface area contributed by atoms with Crippen LogP contribution < -0.4 is 5.32 Å². The molecule has 0 spiro atoms. The molecule has 1 atom stereocenters. The number of hydrogen-bond donors (Lipinski definition) is 4. The van der Waals surface area contributed by atoms with Crippen LogP contribution in [0.5, 0.6) is 5.75 Å². The second kappa shape index (κ2) is 13.4. The molecule has 7 nitrogen and oxygen atoms in total. The van der Waals surface area contributed by atoms with Crippen LogP contribution in [0.1, 0.15) is 53.8 Å². The molecule has 38 heavy (non-hydrogen) atoms. The van der Waals surface area contributed by atoms with Gasteiger partial charge in [-0.05, 0) is 38.1 Å². The van der Waals surface area contributed by atoms with Gasteiger partial charge in [-0.15, -0.1) is 0 Å². The van der Waals surface area contributed by atoms with Crippen molar-refractivity contribution in [1.82, 2.24) is 15.2 Å². The van der Waals surface area contributed by atoms with E-state index in [2.05, 4.69) is 20.5 Å². The first-order valence-electron chi connectivity index (χ1n) is 10.7. The van der Waals surface area contributed by atoms with Crippen molar-refractivity contribution in [2.75, 3.05) is 12.4 Å². The Bertz CT molecular complexity index is 1230. The number of anilines is 1. The van der Waals surface area contributed by atoms with Gasteiger partial charge in [0.05, 0.1) is 39.5 Å². The number of nitrogens with one attached hydrogen (secondary N) is 2. The Hall–Kier alpha value is -3.39. The second-order valence-corrected chi connectivity index (χ2v) is 7.94. The first-order chi connectivity index (χ1) is 17.5. The van der Waals surface area contributed by atoms with E-state index in [0.717, 1.165) is 19.1 Å². The van der Waals surface area contributed by atoms with E-state index in [1.165, 1.54) is 33.0 Å². The molecule has 1 unspecified atom stereocenters. The van der Waals surface area contributed by atoms with Crippen LogP contribution in [0, 0.1) is 12.7 Å². The number of carbonyl (C=O) groups excluding carboxylic acids is 1. The second-order valence-electron chi connectivity index (χ2n) is 7.54. The molecule has 2 heterocycles. The van der Waals surface area contributed by atoms with E-state index in [4.69, 9.17) is 11.6 Å². The number of aliphatic hydroxyl groups is 1. The third-order valence-electron chi connectivity index (χ3n) is 4.65. The number of hydrogen-bond acceptors (Lipinski definition) is 6. The number of halogens is 8. The van der Waals surface area contributed by atoms with Crippen molar-refractivity contribution in [3.8, 4) is 17.0 Å². The summed E-state index contributed by atoms with van der Waals surface area (Å²) in [5, 5.41) is 27.3. The van der Waals surface area contributed by atoms with E-state index in [1.807, 2.05) is 0 Å². The SMILES string of the molecule is CC(O)c1nc(-c2cc(O)c(C=O)cc2F)ccc1Cl.CCC(F)(F)F.CNc1c(C(F)(F)F)n[nH]c1C. The fourth-order valence-electron chi connectivity index (χ4n) is 2.71. The number of phenolic OH excluding ortho intramolecular Hbond substituents is 1. The summed E-state index contributed by atoms with van der Waals surface area (Å²) >= 11 is 5.89. The molecule has 0 radical (unpaired) electrons. The number of benzene rings is 1. The molecule has 3 rings (SSSR count). The van der Waals surface area contributed by atoms with Crippen LogP contribution in [-0.4, -0.2) is 44.9 Å². The summed E-state index contributed by atoms with van der Waals surface area (Å²) in [4.78, 5) is 14.7. The molecule has 0 fully saturated rings. The topological polar surface area (TPSA) is 111 Å². The number of pyridine rings is 1. The van der Waals surface area contributed by atoms with Crippen LogP contribution in [0.3, 0.4) is 0 Å². The number of aromatic amines is 1. The van der Waals surface area contributed by atoms with Gasteiger partial charge in [0.15, 0.2) is 12.0 Å². The summed E-state index contributed by atoms with van der Waals surface area (Å²) in [6, 6.07) is 4.99.